The third kappa shape index (κ3) is 5.55. The van der Waals surface area contributed by atoms with Crippen LogP contribution in [0, 0.1) is 0 Å². The zero-order valence-corrected chi connectivity index (χ0v) is 12.3. The van der Waals surface area contributed by atoms with E-state index in [4.69, 9.17) is 5.11 Å². The number of nitrogens with one attached hydrogen (secondary N) is 1. The van der Waals surface area contributed by atoms with Crippen molar-refractivity contribution in [2.75, 3.05) is 5.75 Å². The van der Waals surface area contributed by atoms with Crippen LogP contribution in [0.15, 0.2) is 12.1 Å². The second-order valence-corrected chi connectivity index (χ2v) is 7.72. The molecule has 2 N–H and O–H groups in total. The van der Waals surface area contributed by atoms with E-state index in [1.807, 2.05) is 0 Å². The molecule has 1 amide bonds. The molecule has 0 aromatic carbocycles. The number of carbonyl (C=O) groups is 2. The molecule has 1 aromatic rings. The first-order valence-corrected chi connectivity index (χ1v) is 7.31. The number of hydrogen-bond acceptors (Lipinski definition) is 4. The van der Waals surface area contributed by atoms with Gasteiger partial charge in [-0.25, -0.2) is 4.79 Å². The van der Waals surface area contributed by atoms with Gasteiger partial charge in [0.2, 0.25) is 5.91 Å². The Morgan fingerprint density at radius 1 is 1.39 bits per heavy atom. The fourth-order valence-electron chi connectivity index (χ4n) is 1.11. The molecular weight excluding hydrogens is 270 g/mol. The second-order valence-electron chi connectivity index (χ2n) is 4.75. The number of carbonyl (C=O) groups excluding carboxylic acids is 1. The summed E-state index contributed by atoms with van der Waals surface area (Å²) in [5, 5.41) is 11.6. The Kier molecular flexibility index (Phi) is 5.22. The first-order chi connectivity index (χ1) is 8.28. The maximum atomic E-state index is 11.6. The zero-order valence-electron chi connectivity index (χ0n) is 10.6. The van der Waals surface area contributed by atoms with Crippen molar-refractivity contribution < 1.29 is 14.7 Å². The molecule has 0 unspecified atom stereocenters. The molecule has 0 atom stereocenters. The highest BCUT2D eigenvalue weighted by Gasteiger charge is 2.13. The topological polar surface area (TPSA) is 66.4 Å². The number of rotatable bonds is 5. The lowest BCUT2D eigenvalue weighted by Gasteiger charge is -2.16. The molecule has 6 heteroatoms. The lowest BCUT2D eigenvalue weighted by Crippen LogP contribution is -2.26. The molecule has 0 aliphatic carbocycles. The highest BCUT2D eigenvalue weighted by Crippen LogP contribution is 2.22. The standard InChI is InChI=1S/C12H17NO3S2/c1-12(2,3)17-7-10(14)13-6-8-4-5-9(18-8)11(15)16/h4-5H,6-7H2,1-3H3,(H,13,14)(H,15,16). The summed E-state index contributed by atoms with van der Waals surface area (Å²) in [6.45, 7) is 6.57. The molecule has 1 rings (SSSR count). The third-order valence-electron chi connectivity index (χ3n) is 1.97. The maximum Gasteiger partial charge on any atom is 0.345 e. The molecule has 0 aliphatic rings. The quantitative estimate of drug-likeness (QED) is 0.873. The van der Waals surface area contributed by atoms with Crippen LogP contribution < -0.4 is 5.32 Å². The average Bonchev–Trinajstić information content (AvgIpc) is 2.71. The van der Waals surface area contributed by atoms with Gasteiger partial charge in [0, 0.05) is 9.62 Å². The van der Waals surface area contributed by atoms with E-state index in [0.717, 1.165) is 4.88 Å². The van der Waals surface area contributed by atoms with E-state index in [9.17, 15) is 9.59 Å². The molecule has 0 bridgehead atoms. The number of aromatic carboxylic acids is 1. The summed E-state index contributed by atoms with van der Waals surface area (Å²) < 4.78 is 0.0662. The molecule has 1 heterocycles. The number of thioether (sulfide) groups is 1. The van der Waals surface area contributed by atoms with Crippen LogP contribution in [0.2, 0.25) is 0 Å². The highest BCUT2D eigenvalue weighted by molar-refractivity contribution is 8.01. The van der Waals surface area contributed by atoms with Gasteiger partial charge < -0.3 is 10.4 Å². The van der Waals surface area contributed by atoms with Gasteiger partial charge in [-0.1, -0.05) is 20.8 Å². The summed E-state index contributed by atoms with van der Waals surface area (Å²) in [6.07, 6.45) is 0. The third-order valence-corrected chi connectivity index (χ3v) is 4.31. The number of thiophene rings is 1. The van der Waals surface area contributed by atoms with E-state index in [1.54, 1.807) is 23.9 Å². The average molecular weight is 287 g/mol. The van der Waals surface area contributed by atoms with E-state index in [0.29, 0.717) is 17.2 Å². The van der Waals surface area contributed by atoms with E-state index in [1.165, 1.54) is 11.3 Å². The van der Waals surface area contributed by atoms with E-state index < -0.39 is 5.97 Å². The minimum atomic E-state index is -0.930. The van der Waals surface area contributed by atoms with Crippen molar-refractivity contribution >= 4 is 35.0 Å². The van der Waals surface area contributed by atoms with Gasteiger partial charge in [-0.15, -0.1) is 23.1 Å². The van der Waals surface area contributed by atoms with E-state index in [-0.39, 0.29) is 10.7 Å². The van der Waals surface area contributed by atoms with Gasteiger partial charge in [-0.3, -0.25) is 4.79 Å². The van der Waals surface area contributed by atoms with Gasteiger partial charge in [-0.2, -0.15) is 0 Å². The van der Waals surface area contributed by atoms with Crippen molar-refractivity contribution in [2.45, 2.75) is 32.1 Å². The normalized spacial score (nSPS) is 11.3. The smallest absolute Gasteiger partial charge is 0.345 e. The first kappa shape index (κ1) is 15.0. The molecule has 4 nitrogen and oxygen atoms in total. The molecule has 100 valence electrons. The number of hydrogen-bond donors (Lipinski definition) is 2. The van der Waals surface area contributed by atoms with Crippen LogP contribution in [0.25, 0.3) is 0 Å². The van der Waals surface area contributed by atoms with Crippen LogP contribution in [0.4, 0.5) is 0 Å². The van der Waals surface area contributed by atoms with Gasteiger partial charge >= 0.3 is 5.97 Å². The molecule has 0 spiro atoms. The maximum absolute atomic E-state index is 11.6. The minimum absolute atomic E-state index is 0.0276. The lowest BCUT2D eigenvalue weighted by molar-refractivity contribution is -0.118. The Morgan fingerprint density at radius 3 is 2.56 bits per heavy atom. The molecule has 1 aromatic heterocycles. The van der Waals surface area contributed by atoms with Crippen molar-refractivity contribution in [3.05, 3.63) is 21.9 Å². The number of amides is 1. The monoisotopic (exact) mass is 287 g/mol. The summed E-state index contributed by atoms with van der Waals surface area (Å²) in [7, 11) is 0. The van der Waals surface area contributed by atoms with Crippen molar-refractivity contribution in [3.8, 4) is 0 Å². The van der Waals surface area contributed by atoms with Crippen LogP contribution in [0.3, 0.4) is 0 Å². The van der Waals surface area contributed by atoms with Crippen LogP contribution in [0.5, 0.6) is 0 Å². The summed E-state index contributed by atoms with van der Waals surface area (Å²) in [4.78, 5) is 23.4. The lowest BCUT2D eigenvalue weighted by atomic mass is 10.3. The Labute approximate surface area is 115 Å². The predicted molar refractivity (Wildman–Crippen MR) is 75.3 cm³/mol. The molecule has 0 saturated heterocycles. The second kappa shape index (κ2) is 6.24. The van der Waals surface area contributed by atoms with Crippen molar-refractivity contribution in [1.29, 1.82) is 0 Å². The van der Waals surface area contributed by atoms with Crippen molar-refractivity contribution in [1.82, 2.24) is 5.32 Å². The van der Waals surface area contributed by atoms with Gasteiger partial charge in [-0.05, 0) is 12.1 Å². The van der Waals surface area contributed by atoms with Crippen molar-refractivity contribution in [2.24, 2.45) is 0 Å². The minimum Gasteiger partial charge on any atom is -0.477 e. The van der Waals surface area contributed by atoms with Crippen molar-refractivity contribution in [3.63, 3.8) is 0 Å². The Hall–Kier alpha value is -1.01. The molecule has 0 aliphatic heterocycles. The Bertz CT molecular complexity index is 435. The Balaban J connectivity index is 2.36. The largest absolute Gasteiger partial charge is 0.477 e. The van der Waals surface area contributed by atoms with Crippen LogP contribution in [-0.2, 0) is 11.3 Å². The van der Waals surface area contributed by atoms with Gasteiger partial charge in [0.15, 0.2) is 0 Å². The summed E-state index contributed by atoms with van der Waals surface area (Å²) in [5.74, 6) is -0.540. The zero-order chi connectivity index (χ0) is 13.8. The van der Waals surface area contributed by atoms with Crippen LogP contribution >= 0.6 is 23.1 Å². The SMILES string of the molecule is CC(C)(C)SCC(=O)NCc1ccc(C(=O)O)s1. The fraction of sp³-hybridized carbons (Fsp3) is 0.500. The first-order valence-electron chi connectivity index (χ1n) is 5.50. The number of carboxylic acid groups (broad SMARTS) is 1. The molecule has 0 fully saturated rings. The summed E-state index contributed by atoms with van der Waals surface area (Å²) >= 11 is 2.77. The summed E-state index contributed by atoms with van der Waals surface area (Å²) in [6, 6.07) is 3.28. The highest BCUT2D eigenvalue weighted by atomic mass is 32.2. The predicted octanol–water partition coefficient (Wildman–Crippen LogP) is 2.59. The molecule has 18 heavy (non-hydrogen) atoms. The molecule has 0 radical (unpaired) electrons. The van der Waals surface area contributed by atoms with Gasteiger partial charge in [0.05, 0.1) is 12.3 Å². The Morgan fingerprint density at radius 2 is 2.06 bits per heavy atom. The molecular formula is C12H17NO3S2. The van der Waals surface area contributed by atoms with Gasteiger partial charge in [0.1, 0.15) is 4.88 Å². The van der Waals surface area contributed by atoms with Crippen LogP contribution in [-0.4, -0.2) is 27.5 Å². The summed E-state index contributed by atoms with van der Waals surface area (Å²) in [5.41, 5.74) is 0. The van der Waals surface area contributed by atoms with E-state index >= 15 is 0 Å². The van der Waals surface area contributed by atoms with Crippen LogP contribution in [0.1, 0.15) is 35.3 Å². The number of carboxylic acids is 1. The van der Waals surface area contributed by atoms with E-state index in [2.05, 4.69) is 26.1 Å². The molecule has 0 saturated carbocycles. The fourth-order valence-corrected chi connectivity index (χ4v) is 2.56. The van der Waals surface area contributed by atoms with Gasteiger partial charge in [0.25, 0.3) is 0 Å².